The number of hydrogen-bond donors (Lipinski definition) is 1. The van der Waals surface area contributed by atoms with E-state index in [4.69, 9.17) is 0 Å². The highest BCUT2D eigenvalue weighted by atomic mass is 15.3. The van der Waals surface area contributed by atoms with Crippen molar-refractivity contribution in [3.8, 4) is 11.4 Å². The monoisotopic (exact) mass is 359 g/mol. The van der Waals surface area contributed by atoms with Crippen molar-refractivity contribution >= 4 is 22.8 Å². The Balaban J connectivity index is 1.30. The molecule has 1 aliphatic heterocycles. The SMILES string of the molecule is c1ccc(-c2ccc(N3CCN(c4ncnc5nc[nH]c45)CC3)nn2)nc1. The average Bonchev–Trinajstić information content (AvgIpc) is 3.24. The van der Waals surface area contributed by atoms with Gasteiger partial charge >= 0.3 is 0 Å². The first-order valence-electron chi connectivity index (χ1n) is 8.77. The van der Waals surface area contributed by atoms with Gasteiger partial charge < -0.3 is 14.8 Å². The number of anilines is 2. The van der Waals surface area contributed by atoms with Gasteiger partial charge in [0.2, 0.25) is 0 Å². The molecule has 0 saturated carbocycles. The van der Waals surface area contributed by atoms with Crippen molar-refractivity contribution in [3.05, 3.63) is 49.2 Å². The minimum Gasteiger partial charge on any atom is -0.352 e. The Kier molecular flexibility index (Phi) is 3.82. The number of hydrogen-bond acceptors (Lipinski definition) is 8. The highest BCUT2D eigenvalue weighted by Gasteiger charge is 2.21. The van der Waals surface area contributed by atoms with Crippen LogP contribution in [-0.2, 0) is 0 Å². The molecular formula is C18H17N9. The molecule has 9 heteroatoms. The molecule has 27 heavy (non-hydrogen) atoms. The summed E-state index contributed by atoms with van der Waals surface area (Å²) in [5.74, 6) is 1.78. The Labute approximate surface area is 155 Å². The van der Waals surface area contributed by atoms with E-state index in [0.29, 0.717) is 5.65 Å². The lowest BCUT2D eigenvalue weighted by molar-refractivity contribution is 0.639. The van der Waals surface area contributed by atoms with Gasteiger partial charge in [-0.15, -0.1) is 10.2 Å². The largest absolute Gasteiger partial charge is 0.352 e. The number of pyridine rings is 1. The first-order chi connectivity index (χ1) is 13.4. The van der Waals surface area contributed by atoms with E-state index >= 15 is 0 Å². The zero-order valence-electron chi connectivity index (χ0n) is 14.5. The average molecular weight is 359 g/mol. The Bertz CT molecular complexity index is 1040. The van der Waals surface area contributed by atoms with Crippen LogP contribution in [0.25, 0.3) is 22.6 Å². The fourth-order valence-corrected chi connectivity index (χ4v) is 3.28. The molecule has 0 unspecified atom stereocenters. The van der Waals surface area contributed by atoms with Crippen molar-refractivity contribution in [2.24, 2.45) is 0 Å². The number of imidazole rings is 1. The number of H-pyrrole nitrogens is 1. The van der Waals surface area contributed by atoms with Gasteiger partial charge in [0, 0.05) is 32.4 Å². The van der Waals surface area contributed by atoms with E-state index in [-0.39, 0.29) is 0 Å². The molecule has 0 amide bonds. The van der Waals surface area contributed by atoms with E-state index in [2.05, 4.69) is 44.9 Å². The minimum atomic E-state index is 0.693. The van der Waals surface area contributed by atoms with E-state index in [1.54, 1.807) is 18.9 Å². The molecule has 9 nitrogen and oxygen atoms in total. The van der Waals surface area contributed by atoms with Crippen LogP contribution in [0, 0.1) is 0 Å². The summed E-state index contributed by atoms with van der Waals surface area (Å²) in [5, 5.41) is 8.73. The Morgan fingerprint density at radius 2 is 1.67 bits per heavy atom. The number of aromatic nitrogens is 7. The summed E-state index contributed by atoms with van der Waals surface area (Å²) in [5.41, 5.74) is 3.18. The standard InChI is InChI=1S/C18H17N9/c1-2-6-19-13(3-1)14-4-5-15(25-24-14)26-7-9-27(10-8-26)18-16-17(21-11-20-16)22-12-23-18/h1-6,11-12H,7-10H2,(H,20,21,22,23). The van der Waals surface area contributed by atoms with Crippen LogP contribution in [0.2, 0.25) is 0 Å². The summed E-state index contributed by atoms with van der Waals surface area (Å²) < 4.78 is 0. The van der Waals surface area contributed by atoms with E-state index in [1.807, 2.05) is 30.3 Å². The summed E-state index contributed by atoms with van der Waals surface area (Å²) >= 11 is 0. The van der Waals surface area contributed by atoms with E-state index < -0.39 is 0 Å². The molecule has 1 saturated heterocycles. The third kappa shape index (κ3) is 2.92. The summed E-state index contributed by atoms with van der Waals surface area (Å²) in [6.45, 7) is 3.37. The number of fused-ring (bicyclic) bond motifs is 1. The van der Waals surface area contributed by atoms with Crippen molar-refractivity contribution in [1.29, 1.82) is 0 Å². The lowest BCUT2D eigenvalue weighted by Gasteiger charge is -2.35. The molecule has 0 bridgehead atoms. The zero-order valence-corrected chi connectivity index (χ0v) is 14.5. The highest BCUT2D eigenvalue weighted by Crippen LogP contribution is 2.23. The van der Waals surface area contributed by atoms with Crippen LogP contribution in [0.1, 0.15) is 0 Å². The van der Waals surface area contributed by atoms with Crippen LogP contribution in [0.15, 0.2) is 49.2 Å². The second-order valence-corrected chi connectivity index (χ2v) is 6.26. The van der Waals surface area contributed by atoms with Crippen molar-refractivity contribution in [2.75, 3.05) is 36.0 Å². The summed E-state index contributed by atoms with van der Waals surface area (Å²) in [6, 6.07) is 9.74. The number of aromatic amines is 1. The van der Waals surface area contributed by atoms with E-state index in [0.717, 1.165) is 54.7 Å². The molecule has 0 spiro atoms. The summed E-state index contributed by atoms with van der Waals surface area (Å²) in [7, 11) is 0. The van der Waals surface area contributed by atoms with Crippen LogP contribution in [0.4, 0.5) is 11.6 Å². The Morgan fingerprint density at radius 1 is 0.778 bits per heavy atom. The van der Waals surface area contributed by atoms with Crippen LogP contribution in [-0.4, -0.2) is 61.3 Å². The van der Waals surface area contributed by atoms with Gasteiger partial charge in [0.05, 0.1) is 12.0 Å². The molecule has 4 aromatic heterocycles. The molecule has 0 radical (unpaired) electrons. The van der Waals surface area contributed by atoms with Crippen molar-refractivity contribution in [1.82, 2.24) is 35.1 Å². The molecular weight excluding hydrogens is 342 g/mol. The number of nitrogens with zero attached hydrogens (tertiary/aromatic N) is 8. The molecule has 5 heterocycles. The number of nitrogens with one attached hydrogen (secondary N) is 1. The Morgan fingerprint density at radius 3 is 2.44 bits per heavy atom. The number of rotatable bonds is 3. The summed E-state index contributed by atoms with van der Waals surface area (Å²) in [6.07, 6.45) is 4.97. The molecule has 1 N–H and O–H groups in total. The molecule has 0 aromatic carbocycles. The summed E-state index contributed by atoms with van der Waals surface area (Å²) in [4.78, 5) is 24.7. The van der Waals surface area contributed by atoms with Gasteiger partial charge in [0.1, 0.15) is 17.5 Å². The van der Waals surface area contributed by atoms with Gasteiger partial charge in [0.15, 0.2) is 17.3 Å². The van der Waals surface area contributed by atoms with Gasteiger partial charge in [-0.25, -0.2) is 15.0 Å². The normalized spacial score (nSPS) is 14.7. The van der Waals surface area contributed by atoms with Gasteiger partial charge in [-0.2, -0.15) is 0 Å². The molecule has 1 aliphatic rings. The third-order valence-electron chi connectivity index (χ3n) is 4.68. The van der Waals surface area contributed by atoms with Crippen LogP contribution >= 0.6 is 0 Å². The van der Waals surface area contributed by atoms with Crippen LogP contribution in [0.3, 0.4) is 0 Å². The maximum absolute atomic E-state index is 4.44. The predicted molar refractivity (Wildman–Crippen MR) is 101 cm³/mol. The van der Waals surface area contributed by atoms with Gasteiger partial charge in [0.25, 0.3) is 0 Å². The molecule has 4 aromatic rings. The molecule has 1 fully saturated rings. The molecule has 0 aliphatic carbocycles. The lowest BCUT2D eigenvalue weighted by Crippen LogP contribution is -2.47. The third-order valence-corrected chi connectivity index (χ3v) is 4.68. The first-order valence-corrected chi connectivity index (χ1v) is 8.77. The molecule has 0 atom stereocenters. The predicted octanol–water partition coefficient (Wildman–Crippen LogP) is 1.53. The molecule has 5 rings (SSSR count). The zero-order chi connectivity index (χ0) is 18.1. The van der Waals surface area contributed by atoms with Gasteiger partial charge in [-0.1, -0.05) is 6.07 Å². The maximum atomic E-state index is 4.44. The van der Waals surface area contributed by atoms with Crippen molar-refractivity contribution < 1.29 is 0 Å². The molecule has 134 valence electrons. The quantitative estimate of drug-likeness (QED) is 0.588. The van der Waals surface area contributed by atoms with E-state index in [1.165, 1.54) is 0 Å². The number of piperazine rings is 1. The lowest BCUT2D eigenvalue weighted by atomic mass is 10.2. The smallest absolute Gasteiger partial charge is 0.182 e. The fourth-order valence-electron chi connectivity index (χ4n) is 3.28. The maximum Gasteiger partial charge on any atom is 0.182 e. The fraction of sp³-hybridized carbons (Fsp3) is 0.222. The topological polar surface area (TPSA) is 99.6 Å². The second kappa shape index (κ2) is 6.60. The van der Waals surface area contributed by atoms with E-state index in [9.17, 15) is 0 Å². The Hall–Kier alpha value is -3.62. The van der Waals surface area contributed by atoms with Crippen molar-refractivity contribution in [2.45, 2.75) is 0 Å². The second-order valence-electron chi connectivity index (χ2n) is 6.26. The minimum absolute atomic E-state index is 0.693. The first kappa shape index (κ1) is 15.6. The van der Waals surface area contributed by atoms with Crippen LogP contribution in [0.5, 0.6) is 0 Å². The van der Waals surface area contributed by atoms with Crippen molar-refractivity contribution in [3.63, 3.8) is 0 Å². The highest BCUT2D eigenvalue weighted by molar-refractivity contribution is 5.82. The van der Waals surface area contributed by atoms with Gasteiger partial charge in [-0.3, -0.25) is 4.98 Å². The van der Waals surface area contributed by atoms with Crippen LogP contribution < -0.4 is 9.80 Å². The van der Waals surface area contributed by atoms with Gasteiger partial charge in [-0.05, 0) is 24.3 Å².